The van der Waals surface area contributed by atoms with E-state index < -0.39 is 18.4 Å². The molecular weight excluding hydrogens is 411 g/mol. The van der Waals surface area contributed by atoms with Crippen molar-refractivity contribution in [2.24, 2.45) is 5.41 Å². The Kier molecular flexibility index (Phi) is 4.05. The summed E-state index contributed by atoms with van der Waals surface area (Å²) < 4.78 is 64.7. The molecule has 0 N–H and O–H groups in total. The van der Waals surface area contributed by atoms with Gasteiger partial charge < -0.3 is 9.80 Å². The highest BCUT2D eigenvalue weighted by molar-refractivity contribution is 5.74. The topological polar surface area (TPSA) is 75.9 Å². The van der Waals surface area contributed by atoms with Crippen molar-refractivity contribution in [2.45, 2.75) is 19.1 Å². The summed E-state index contributed by atoms with van der Waals surface area (Å²) in [6, 6.07) is 0.954. The summed E-state index contributed by atoms with van der Waals surface area (Å²) in [6.07, 6.45) is -0.131. The second-order valence-corrected chi connectivity index (χ2v) is 7.62. The monoisotopic (exact) mass is 426 g/mol. The third-order valence-electron chi connectivity index (χ3n) is 5.51. The van der Waals surface area contributed by atoms with Crippen molar-refractivity contribution in [3.05, 3.63) is 30.5 Å². The number of halogens is 5. The van der Waals surface area contributed by atoms with Gasteiger partial charge >= 0.3 is 12.7 Å². The summed E-state index contributed by atoms with van der Waals surface area (Å²) in [5.74, 6) is 0.648. The second-order valence-electron chi connectivity index (χ2n) is 7.62. The number of fused-ring (bicyclic) bond motifs is 1. The fourth-order valence-electron chi connectivity index (χ4n) is 4.04. The van der Waals surface area contributed by atoms with Crippen molar-refractivity contribution in [3.8, 4) is 0 Å². The normalized spacial score (nSPS) is 18.6. The van der Waals surface area contributed by atoms with Gasteiger partial charge in [-0.15, -0.1) is 5.10 Å². The Balaban J connectivity index is 1.29. The van der Waals surface area contributed by atoms with Gasteiger partial charge in [-0.05, 0) is 6.42 Å². The van der Waals surface area contributed by atoms with Crippen LogP contribution < -0.4 is 9.80 Å². The van der Waals surface area contributed by atoms with Crippen molar-refractivity contribution >= 4 is 22.8 Å². The van der Waals surface area contributed by atoms with Gasteiger partial charge in [-0.25, -0.2) is 19.6 Å². The van der Waals surface area contributed by atoms with Crippen LogP contribution in [-0.2, 0) is 6.18 Å². The maximum absolute atomic E-state index is 12.9. The first-order chi connectivity index (χ1) is 14.2. The number of hydrogen-bond acceptors (Lipinski definition) is 7. The van der Waals surface area contributed by atoms with Crippen LogP contribution in [-0.4, -0.2) is 55.9 Å². The number of aromatic nitrogens is 6. The lowest BCUT2D eigenvalue weighted by atomic mass is 9.79. The molecule has 2 saturated heterocycles. The molecule has 0 amide bonds. The quantitative estimate of drug-likeness (QED) is 0.596. The van der Waals surface area contributed by atoms with Crippen LogP contribution in [0.15, 0.2) is 24.8 Å². The second kappa shape index (κ2) is 6.44. The predicted octanol–water partition coefficient (Wildman–Crippen LogP) is 2.75. The van der Waals surface area contributed by atoms with E-state index in [1.807, 2.05) is 4.90 Å². The van der Waals surface area contributed by atoms with Gasteiger partial charge in [0.15, 0.2) is 5.65 Å². The maximum atomic E-state index is 12.9. The molecule has 0 aromatic carbocycles. The van der Waals surface area contributed by atoms with Crippen LogP contribution >= 0.6 is 0 Å². The highest BCUT2D eigenvalue weighted by Gasteiger charge is 2.49. The minimum Gasteiger partial charge on any atom is -0.355 e. The number of rotatable bonds is 3. The first-order valence-corrected chi connectivity index (χ1v) is 9.12. The van der Waals surface area contributed by atoms with Gasteiger partial charge in [0.05, 0.1) is 5.39 Å². The Hall–Kier alpha value is -3.12. The van der Waals surface area contributed by atoms with Crippen LogP contribution in [0.25, 0.3) is 11.0 Å². The van der Waals surface area contributed by atoms with Crippen LogP contribution in [0.4, 0.5) is 33.7 Å². The third-order valence-corrected chi connectivity index (χ3v) is 5.51. The fourth-order valence-corrected chi connectivity index (χ4v) is 4.04. The van der Waals surface area contributed by atoms with Crippen LogP contribution in [0.5, 0.6) is 0 Å². The maximum Gasteiger partial charge on any atom is 0.433 e. The molecule has 0 saturated carbocycles. The molecule has 0 unspecified atom stereocenters. The molecule has 30 heavy (non-hydrogen) atoms. The van der Waals surface area contributed by atoms with E-state index in [4.69, 9.17) is 0 Å². The Morgan fingerprint density at radius 1 is 1.03 bits per heavy atom. The van der Waals surface area contributed by atoms with Crippen LogP contribution in [0.1, 0.15) is 18.7 Å². The molecule has 3 aromatic rings. The van der Waals surface area contributed by atoms with E-state index >= 15 is 0 Å². The zero-order valence-corrected chi connectivity index (χ0v) is 15.4. The minimum atomic E-state index is -4.52. The summed E-state index contributed by atoms with van der Waals surface area (Å²) in [5, 5.41) is 4.19. The smallest absolute Gasteiger partial charge is 0.355 e. The van der Waals surface area contributed by atoms with E-state index in [2.05, 4.69) is 25.0 Å². The van der Waals surface area contributed by atoms with Crippen molar-refractivity contribution in [3.63, 3.8) is 0 Å². The molecular formula is C17H15F5N8. The van der Waals surface area contributed by atoms with Crippen LogP contribution in [0.2, 0.25) is 0 Å². The number of anilines is 2. The molecule has 8 nitrogen and oxygen atoms in total. The first-order valence-electron chi connectivity index (χ1n) is 9.12. The highest BCUT2D eigenvalue weighted by atomic mass is 19.4. The van der Waals surface area contributed by atoms with Gasteiger partial charge in [-0.2, -0.15) is 26.9 Å². The number of alkyl halides is 5. The number of hydrogen-bond donors (Lipinski definition) is 0. The Bertz CT molecular complexity index is 1090. The molecule has 2 fully saturated rings. The lowest BCUT2D eigenvalue weighted by molar-refractivity contribution is -0.141. The Morgan fingerprint density at radius 3 is 2.53 bits per heavy atom. The molecule has 158 valence electrons. The third kappa shape index (κ3) is 3.17. The summed E-state index contributed by atoms with van der Waals surface area (Å²) >= 11 is 0. The van der Waals surface area contributed by atoms with Gasteiger partial charge in [-0.1, -0.05) is 0 Å². The molecule has 0 radical (unpaired) electrons. The van der Waals surface area contributed by atoms with E-state index in [0.29, 0.717) is 42.2 Å². The summed E-state index contributed by atoms with van der Waals surface area (Å²) in [5.41, 5.74) is -0.882. The first kappa shape index (κ1) is 18.9. The minimum absolute atomic E-state index is 0.107. The molecule has 0 aliphatic carbocycles. The van der Waals surface area contributed by atoms with Crippen LogP contribution in [0.3, 0.4) is 0 Å². The summed E-state index contributed by atoms with van der Waals surface area (Å²) in [6.45, 7) is -0.368. The van der Waals surface area contributed by atoms with Gasteiger partial charge in [-0.3, -0.25) is 0 Å². The molecule has 5 heterocycles. The predicted molar refractivity (Wildman–Crippen MR) is 95.1 cm³/mol. The largest absolute Gasteiger partial charge is 0.433 e. The Labute approximate surface area is 166 Å². The zero-order valence-electron chi connectivity index (χ0n) is 15.4. The van der Waals surface area contributed by atoms with Gasteiger partial charge in [0.1, 0.15) is 17.8 Å². The van der Waals surface area contributed by atoms with E-state index in [1.54, 1.807) is 4.90 Å². The van der Waals surface area contributed by atoms with Crippen molar-refractivity contribution in [1.29, 1.82) is 0 Å². The number of nitrogens with zero attached hydrogens (tertiary/aromatic N) is 8. The SMILES string of the molecule is FC(F)n1cc2cnc(N3CCC4(CN(c5cc(C(F)(F)F)ncn5)C4)C3)nc2n1. The van der Waals surface area contributed by atoms with Gasteiger partial charge in [0.25, 0.3) is 0 Å². The van der Waals surface area contributed by atoms with Crippen molar-refractivity contribution < 1.29 is 22.0 Å². The van der Waals surface area contributed by atoms with E-state index in [1.165, 1.54) is 12.4 Å². The molecule has 5 rings (SSSR count). The average molecular weight is 426 g/mol. The lowest BCUT2D eigenvalue weighted by Crippen LogP contribution is -2.58. The highest BCUT2D eigenvalue weighted by Crippen LogP contribution is 2.42. The van der Waals surface area contributed by atoms with E-state index in [9.17, 15) is 22.0 Å². The van der Waals surface area contributed by atoms with Crippen LogP contribution in [0, 0.1) is 5.41 Å². The molecule has 0 bridgehead atoms. The zero-order chi connectivity index (χ0) is 21.1. The van der Waals surface area contributed by atoms with E-state index in [-0.39, 0.29) is 16.9 Å². The Morgan fingerprint density at radius 2 is 1.80 bits per heavy atom. The van der Waals surface area contributed by atoms with E-state index in [0.717, 1.165) is 18.8 Å². The molecule has 3 aromatic heterocycles. The van der Waals surface area contributed by atoms with Crippen molar-refractivity contribution in [1.82, 2.24) is 29.7 Å². The molecule has 2 aliphatic heterocycles. The molecule has 1 spiro atoms. The average Bonchev–Trinajstić information content (AvgIpc) is 3.30. The van der Waals surface area contributed by atoms with Gasteiger partial charge in [0.2, 0.25) is 5.95 Å². The van der Waals surface area contributed by atoms with Gasteiger partial charge in [0, 0.05) is 50.1 Å². The molecule has 0 atom stereocenters. The fraction of sp³-hybridized carbons (Fsp3) is 0.471. The standard InChI is InChI=1S/C17H15F5N8/c18-14(19)30-5-10-4-23-15(26-13(10)27-30)28-2-1-16(6-28)7-29(8-16)12-3-11(17(20,21)22)24-9-25-12/h3-5,9,14H,1-2,6-8H2. The summed E-state index contributed by atoms with van der Waals surface area (Å²) in [4.78, 5) is 19.5. The molecule has 13 heteroatoms. The van der Waals surface area contributed by atoms with Crippen molar-refractivity contribution in [2.75, 3.05) is 36.0 Å². The molecule has 2 aliphatic rings. The lowest BCUT2D eigenvalue weighted by Gasteiger charge is -2.48. The summed E-state index contributed by atoms with van der Waals surface area (Å²) in [7, 11) is 0.